The molecule has 0 amide bonds. The fourth-order valence-electron chi connectivity index (χ4n) is 1.26. The predicted octanol–water partition coefficient (Wildman–Crippen LogP) is 3.78. The summed E-state index contributed by atoms with van der Waals surface area (Å²) < 4.78 is 5.12. The molecule has 0 aliphatic carbocycles. The lowest BCUT2D eigenvalue weighted by atomic mass is 10.1. The highest BCUT2D eigenvalue weighted by Gasteiger charge is 2.06. The van der Waals surface area contributed by atoms with Gasteiger partial charge in [-0.25, -0.2) is 0 Å². The van der Waals surface area contributed by atoms with Crippen LogP contribution < -0.4 is 4.74 Å². The Morgan fingerprint density at radius 3 is 2.85 bits per heavy atom. The summed E-state index contributed by atoms with van der Waals surface area (Å²) in [7, 11) is 1.67. The van der Waals surface area contributed by atoms with E-state index in [-0.39, 0.29) is 5.38 Å². The van der Waals surface area contributed by atoms with Gasteiger partial charge in [0.1, 0.15) is 5.75 Å². The SMILES string of the molecule is CCCC(Cl)c1cccc(OC)c1. The van der Waals surface area contributed by atoms with Crippen LogP contribution >= 0.6 is 11.6 Å². The van der Waals surface area contributed by atoms with Crippen LogP contribution in [0.2, 0.25) is 0 Å². The summed E-state index contributed by atoms with van der Waals surface area (Å²) in [5, 5.41) is 0.111. The van der Waals surface area contributed by atoms with Crippen LogP contribution in [-0.2, 0) is 0 Å². The molecule has 0 aliphatic rings. The van der Waals surface area contributed by atoms with E-state index in [2.05, 4.69) is 6.92 Å². The molecule has 1 unspecified atom stereocenters. The van der Waals surface area contributed by atoms with Crippen LogP contribution in [0.4, 0.5) is 0 Å². The Morgan fingerprint density at radius 2 is 2.23 bits per heavy atom. The molecule has 1 atom stereocenters. The van der Waals surface area contributed by atoms with Crippen LogP contribution in [0.15, 0.2) is 24.3 Å². The Morgan fingerprint density at radius 1 is 1.46 bits per heavy atom. The van der Waals surface area contributed by atoms with Crippen molar-refractivity contribution in [2.75, 3.05) is 7.11 Å². The van der Waals surface area contributed by atoms with Crippen LogP contribution in [0.1, 0.15) is 30.7 Å². The minimum Gasteiger partial charge on any atom is -0.497 e. The molecule has 0 bridgehead atoms. The van der Waals surface area contributed by atoms with Gasteiger partial charge in [-0.3, -0.25) is 0 Å². The van der Waals surface area contributed by atoms with Crippen molar-refractivity contribution >= 4 is 11.6 Å². The van der Waals surface area contributed by atoms with Crippen molar-refractivity contribution in [2.24, 2.45) is 0 Å². The minimum absolute atomic E-state index is 0.111. The Kier molecular flexibility index (Phi) is 4.10. The van der Waals surface area contributed by atoms with Crippen molar-refractivity contribution in [1.29, 1.82) is 0 Å². The second-order valence-corrected chi connectivity index (χ2v) is 3.56. The smallest absolute Gasteiger partial charge is 0.119 e. The molecule has 13 heavy (non-hydrogen) atoms. The molecule has 0 aromatic heterocycles. The number of rotatable bonds is 4. The Bertz CT molecular complexity index is 260. The second kappa shape index (κ2) is 5.13. The van der Waals surface area contributed by atoms with Gasteiger partial charge in [0, 0.05) is 0 Å². The standard InChI is InChI=1S/C11H15ClO/c1-3-5-11(12)9-6-4-7-10(8-9)13-2/h4,6-8,11H,3,5H2,1-2H3. The highest BCUT2D eigenvalue weighted by Crippen LogP contribution is 2.27. The maximum absolute atomic E-state index is 6.18. The van der Waals surface area contributed by atoms with Gasteiger partial charge >= 0.3 is 0 Å². The van der Waals surface area contributed by atoms with Crippen molar-refractivity contribution in [3.8, 4) is 5.75 Å². The quantitative estimate of drug-likeness (QED) is 0.670. The zero-order valence-electron chi connectivity index (χ0n) is 8.09. The molecule has 1 aromatic carbocycles. The third-order valence-electron chi connectivity index (χ3n) is 2.00. The van der Waals surface area contributed by atoms with Crippen molar-refractivity contribution in [3.05, 3.63) is 29.8 Å². The molecule has 0 N–H and O–H groups in total. The molecule has 0 fully saturated rings. The van der Waals surface area contributed by atoms with Crippen LogP contribution in [0.5, 0.6) is 5.75 Å². The van der Waals surface area contributed by atoms with Crippen molar-refractivity contribution in [1.82, 2.24) is 0 Å². The lowest BCUT2D eigenvalue weighted by molar-refractivity contribution is 0.414. The molecule has 0 aliphatic heterocycles. The van der Waals surface area contributed by atoms with E-state index in [4.69, 9.17) is 16.3 Å². The van der Waals surface area contributed by atoms with Crippen molar-refractivity contribution in [2.45, 2.75) is 25.1 Å². The third kappa shape index (κ3) is 2.92. The topological polar surface area (TPSA) is 9.23 Å². The summed E-state index contributed by atoms with van der Waals surface area (Å²) in [5.41, 5.74) is 1.14. The maximum atomic E-state index is 6.18. The fourth-order valence-corrected chi connectivity index (χ4v) is 1.61. The van der Waals surface area contributed by atoms with Gasteiger partial charge in [-0.2, -0.15) is 0 Å². The Hall–Kier alpha value is -0.690. The number of ether oxygens (including phenoxy) is 1. The van der Waals surface area contributed by atoms with Gasteiger partial charge in [-0.05, 0) is 24.1 Å². The first kappa shape index (κ1) is 10.4. The van der Waals surface area contributed by atoms with E-state index in [1.54, 1.807) is 7.11 Å². The van der Waals surface area contributed by atoms with E-state index in [1.807, 2.05) is 24.3 Å². The molecule has 1 aromatic rings. The zero-order chi connectivity index (χ0) is 9.68. The minimum atomic E-state index is 0.111. The molecule has 0 radical (unpaired) electrons. The molecule has 1 nitrogen and oxygen atoms in total. The van der Waals surface area contributed by atoms with Gasteiger partial charge in [0.05, 0.1) is 12.5 Å². The van der Waals surface area contributed by atoms with Crippen LogP contribution in [0.3, 0.4) is 0 Å². The average molecular weight is 199 g/mol. The number of hydrogen-bond acceptors (Lipinski definition) is 1. The average Bonchev–Trinajstić information content (AvgIpc) is 2.18. The van der Waals surface area contributed by atoms with Crippen LogP contribution in [0, 0.1) is 0 Å². The zero-order valence-corrected chi connectivity index (χ0v) is 8.84. The number of hydrogen-bond donors (Lipinski definition) is 0. The molecule has 0 saturated heterocycles. The normalized spacial score (nSPS) is 12.5. The van der Waals surface area contributed by atoms with Crippen LogP contribution in [0.25, 0.3) is 0 Å². The van der Waals surface area contributed by atoms with Gasteiger partial charge in [0.25, 0.3) is 0 Å². The number of benzene rings is 1. The van der Waals surface area contributed by atoms with Crippen LogP contribution in [-0.4, -0.2) is 7.11 Å². The second-order valence-electron chi connectivity index (χ2n) is 3.03. The predicted molar refractivity (Wildman–Crippen MR) is 56.5 cm³/mol. The largest absolute Gasteiger partial charge is 0.497 e. The van der Waals surface area contributed by atoms with Gasteiger partial charge < -0.3 is 4.74 Å². The van der Waals surface area contributed by atoms with Gasteiger partial charge in [-0.1, -0.05) is 25.5 Å². The maximum Gasteiger partial charge on any atom is 0.119 e. The molecule has 0 spiro atoms. The molecular formula is C11H15ClO. The summed E-state index contributed by atoms with van der Waals surface area (Å²) in [6.45, 7) is 2.13. The summed E-state index contributed by atoms with van der Waals surface area (Å²) in [5.74, 6) is 0.874. The molecule has 72 valence electrons. The Balaban J connectivity index is 2.75. The van der Waals surface area contributed by atoms with Gasteiger partial charge in [0.15, 0.2) is 0 Å². The molecular weight excluding hydrogens is 184 g/mol. The van der Waals surface area contributed by atoms with Gasteiger partial charge in [0.2, 0.25) is 0 Å². The fraction of sp³-hybridized carbons (Fsp3) is 0.455. The van der Waals surface area contributed by atoms with E-state index in [1.165, 1.54) is 0 Å². The highest BCUT2D eigenvalue weighted by atomic mass is 35.5. The first-order valence-corrected chi connectivity index (χ1v) is 4.99. The highest BCUT2D eigenvalue weighted by molar-refractivity contribution is 6.20. The summed E-state index contributed by atoms with van der Waals surface area (Å²) >= 11 is 6.18. The molecule has 0 saturated carbocycles. The Labute approximate surface area is 84.7 Å². The number of alkyl halides is 1. The third-order valence-corrected chi connectivity index (χ3v) is 2.47. The van der Waals surface area contributed by atoms with E-state index in [0.29, 0.717) is 0 Å². The number of methoxy groups -OCH3 is 1. The van der Waals surface area contributed by atoms with Crippen molar-refractivity contribution < 1.29 is 4.74 Å². The lowest BCUT2D eigenvalue weighted by Crippen LogP contribution is -1.91. The first-order valence-electron chi connectivity index (χ1n) is 4.56. The molecule has 1 rings (SSSR count). The number of halogens is 1. The van der Waals surface area contributed by atoms with E-state index >= 15 is 0 Å². The summed E-state index contributed by atoms with van der Waals surface area (Å²) in [6, 6.07) is 7.93. The lowest BCUT2D eigenvalue weighted by Gasteiger charge is -2.09. The van der Waals surface area contributed by atoms with E-state index in [0.717, 1.165) is 24.2 Å². The molecule has 2 heteroatoms. The van der Waals surface area contributed by atoms with Crippen molar-refractivity contribution in [3.63, 3.8) is 0 Å². The van der Waals surface area contributed by atoms with E-state index < -0.39 is 0 Å². The van der Waals surface area contributed by atoms with E-state index in [9.17, 15) is 0 Å². The first-order chi connectivity index (χ1) is 6.27. The summed E-state index contributed by atoms with van der Waals surface area (Å²) in [4.78, 5) is 0. The molecule has 0 heterocycles. The van der Waals surface area contributed by atoms with Gasteiger partial charge in [-0.15, -0.1) is 11.6 Å². The monoisotopic (exact) mass is 198 g/mol. The summed E-state index contributed by atoms with van der Waals surface area (Å²) in [6.07, 6.45) is 2.11.